The van der Waals surface area contributed by atoms with Crippen LogP contribution in [0.5, 0.6) is 0 Å². The van der Waals surface area contributed by atoms with Crippen molar-refractivity contribution < 1.29 is 8.42 Å². The number of anilines is 1. The van der Waals surface area contributed by atoms with Crippen molar-refractivity contribution in [3.8, 4) is 6.07 Å². The Labute approximate surface area is 106 Å². The normalized spacial score (nSPS) is 12.8. The van der Waals surface area contributed by atoms with Crippen molar-refractivity contribution in [2.45, 2.75) is 25.5 Å². The summed E-state index contributed by atoms with van der Waals surface area (Å²) in [5.74, 6) is 0. The first kappa shape index (κ1) is 13.8. The van der Waals surface area contributed by atoms with Gasteiger partial charge in [0.15, 0.2) is 5.25 Å². The van der Waals surface area contributed by atoms with Crippen LogP contribution in [0, 0.1) is 18.3 Å². The second-order valence-electron chi connectivity index (χ2n) is 3.66. The van der Waals surface area contributed by atoms with Crippen LogP contribution in [0.3, 0.4) is 0 Å². The number of nitriles is 1. The predicted octanol–water partition coefficient (Wildman–Crippen LogP) is 2.69. The summed E-state index contributed by atoms with van der Waals surface area (Å²) < 4.78 is 26.0. The van der Waals surface area contributed by atoms with Gasteiger partial charge >= 0.3 is 0 Å². The van der Waals surface area contributed by atoms with Gasteiger partial charge in [0.2, 0.25) is 10.0 Å². The highest BCUT2D eigenvalue weighted by atomic mass is 35.5. The average molecular weight is 273 g/mol. The fourth-order valence-corrected chi connectivity index (χ4v) is 2.74. The molecule has 0 amide bonds. The Hall–Kier alpha value is -1.25. The summed E-state index contributed by atoms with van der Waals surface area (Å²) in [6.45, 7) is 3.47. The summed E-state index contributed by atoms with van der Waals surface area (Å²) in [7, 11) is -3.71. The number of halogens is 1. The molecule has 0 bridgehead atoms. The molecule has 1 aromatic rings. The van der Waals surface area contributed by atoms with E-state index in [1.165, 1.54) is 0 Å². The van der Waals surface area contributed by atoms with Crippen LogP contribution < -0.4 is 4.72 Å². The van der Waals surface area contributed by atoms with Gasteiger partial charge in [-0.1, -0.05) is 24.6 Å². The minimum Gasteiger partial charge on any atom is -0.281 e. The minimum atomic E-state index is -3.71. The van der Waals surface area contributed by atoms with E-state index in [9.17, 15) is 8.42 Å². The number of rotatable bonds is 4. The highest BCUT2D eigenvalue weighted by Crippen LogP contribution is 2.24. The highest BCUT2D eigenvalue weighted by molar-refractivity contribution is 7.93. The first-order chi connectivity index (χ1) is 7.90. The molecule has 0 radical (unpaired) electrons. The van der Waals surface area contributed by atoms with E-state index in [1.807, 2.05) is 6.92 Å². The Morgan fingerprint density at radius 1 is 1.53 bits per heavy atom. The van der Waals surface area contributed by atoms with Gasteiger partial charge in [-0.2, -0.15) is 5.26 Å². The van der Waals surface area contributed by atoms with Crippen LogP contribution in [0.25, 0.3) is 0 Å². The van der Waals surface area contributed by atoms with Gasteiger partial charge in [-0.3, -0.25) is 4.72 Å². The molecule has 1 rings (SSSR count). The van der Waals surface area contributed by atoms with Gasteiger partial charge in [-0.05, 0) is 31.0 Å². The summed E-state index contributed by atoms with van der Waals surface area (Å²) in [5.41, 5.74) is 1.19. The van der Waals surface area contributed by atoms with Crippen LogP contribution in [-0.4, -0.2) is 13.7 Å². The molecule has 0 aliphatic carbocycles. The Bertz CT molecular complexity index is 549. The third-order valence-electron chi connectivity index (χ3n) is 2.26. The number of hydrogen-bond donors (Lipinski definition) is 1. The molecular formula is C11H13ClN2O2S. The molecule has 92 valence electrons. The number of aryl methyl sites for hydroxylation is 1. The van der Waals surface area contributed by atoms with Crippen LogP contribution in [0.1, 0.15) is 18.9 Å². The number of sulfonamides is 1. The molecule has 1 N–H and O–H groups in total. The quantitative estimate of drug-likeness (QED) is 0.916. The summed E-state index contributed by atoms with van der Waals surface area (Å²) >= 11 is 5.88. The zero-order chi connectivity index (χ0) is 13.1. The summed E-state index contributed by atoms with van der Waals surface area (Å²) in [5, 5.41) is 8.00. The summed E-state index contributed by atoms with van der Waals surface area (Å²) in [4.78, 5) is 0. The highest BCUT2D eigenvalue weighted by Gasteiger charge is 2.23. The fraction of sp³-hybridized carbons (Fsp3) is 0.364. The molecule has 1 unspecified atom stereocenters. The number of nitrogens with one attached hydrogen (secondary N) is 1. The molecule has 0 saturated carbocycles. The van der Waals surface area contributed by atoms with Crippen molar-refractivity contribution in [1.82, 2.24) is 0 Å². The van der Waals surface area contributed by atoms with E-state index in [2.05, 4.69) is 4.72 Å². The van der Waals surface area contributed by atoms with Gasteiger partial charge < -0.3 is 0 Å². The second-order valence-corrected chi connectivity index (χ2v) is 5.93. The lowest BCUT2D eigenvalue weighted by Crippen LogP contribution is -2.26. The number of nitrogens with zero attached hydrogens (tertiary/aromatic N) is 1. The standard InChI is InChI=1S/C11H13ClN2O2S/c1-3-9(7-13)17(15,16)14-11-6-8(2)4-5-10(11)12/h4-6,9,14H,3H2,1-2H3. The first-order valence-electron chi connectivity index (χ1n) is 5.08. The second kappa shape index (κ2) is 5.39. The third kappa shape index (κ3) is 3.35. The van der Waals surface area contributed by atoms with Gasteiger partial charge in [-0.15, -0.1) is 0 Å². The zero-order valence-corrected chi connectivity index (χ0v) is 11.1. The molecule has 0 aromatic heterocycles. The molecule has 0 spiro atoms. The van der Waals surface area contributed by atoms with E-state index in [0.29, 0.717) is 10.7 Å². The van der Waals surface area contributed by atoms with E-state index in [4.69, 9.17) is 16.9 Å². The van der Waals surface area contributed by atoms with Crippen molar-refractivity contribution in [2.24, 2.45) is 0 Å². The lowest BCUT2D eigenvalue weighted by Gasteiger charge is -2.12. The SMILES string of the molecule is CCC(C#N)S(=O)(=O)Nc1cc(C)ccc1Cl. The van der Waals surface area contributed by atoms with Crippen molar-refractivity contribution in [1.29, 1.82) is 5.26 Å². The monoisotopic (exact) mass is 272 g/mol. The fourth-order valence-electron chi connectivity index (χ4n) is 1.32. The minimum absolute atomic E-state index is 0.231. The summed E-state index contributed by atoms with van der Waals surface area (Å²) in [6, 6.07) is 6.77. The molecule has 0 fully saturated rings. The third-order valence-corrected chi connectivity index (χ3v) is 4.29. The van der Waals surface area contributed by atoms with E-state index < -0.39 is 15.3 Å². The Balaban J connectivity index is 3.06. The van der Waals surface area contributed by atoms with E-state index in [0.717, 1.165) is 5.56 Å². The zero-order valence-electron chi connectivity index (χ0n) is 9.57. The Morgan fingerprint density at radius 3 is 2.71 bits per heavy atom. The van der Waals surface area contributed by atoms with Crippen LogP contribution in [-0.2, 0) is 10.0 Å². The molecule has 6 heteroatoms. The maximum Gasteiger partial charge on any atom is 0.249 e. The molecule has 1 aromatic carbocycles. The predicted molar refractivity (Wildman–Crippen MR) is 68.4 cm³/mol. The van der Waals surface area contributed by atoms with Crippen molar-refractivity contribution >= 4 is 27.3 Å². The largest absolute Gasteiger partial charge is 0.281 e. The molecule has 0 aliphatic heterocycles. The Morgan fingerprint density at radius 2 is 2.18 bits per heavy atom. The van der Waals surface area contributed by atoms with Crippen molar-refractivity contribution in [3.05, 3.63) is 28.8 Å². The van der Waals surface area contributed by atoms with E-state index in [1.54, 1.807) is 31.2 Å². The van der Waals surface area contributed by atoms with Gasteiger partial charge in [0.1, 0.15) is 0 Å². The lowest BCUT2D eigenvalue weighted by atomic mass is 10.2. The van der Waals surface area contributed by atoms with Crippen LogP contribution in [0.2, 0.25) is 5.02 Å². The van der Waals surface area contributed by atoms with Crippen LogP contribution in [0.15, 0.2) is 18.2 Å². The number of benzene rings is 1. The van der Waals surface area contributed by atoms with Crippen LogP contribution in [0.4, 0.5) is 5.69 Å². The molecule has 17 heavy (non-hydrogen) atoms. The molecule has 1 atom stereocenters. The van der Waals surface area contributed by atoms with Crippen molar-refractivity contribution in [3.63, 3.8) is 0 Å². The first-order valence-corrected chi connectivity index (χ1v) is 7.00. The average Bonchev–Trinajstić information content (AvgIpc) is 2.24. The smallest absolute Gasteiger partial charge is 0.249 e. The van der Waals surface area contributed by atoms with E-state index in [-0.39, 0.29) is 6.42 Å². The van der Waals surface area contributed by atoms with Gasteiger partial charge in [0, 0.05) is 0 Å². The van der Waals surface area contributed by atoms with Crippen molar-refractivity contribution in [2.75, 3.05) is 4.72 Å². The van der Waals surface area contributed by atoms with Gasteiger partial charge in [0.25, 0.3) is 0 Å². The molecule has 0 heterocycles. The topological polar surface area (TPSA) is 70.0 Å². The van der Waals surface area contributed by atoms with Gasteiger partial charge in [-0.25, -0.2) is 8.42 Å². The summed E-state index contributed by atoms with van der Waals surface area (Å²) in [6.07, 6.45) is 0.231. The van der Waals surface area contributed by atoms with Crippen LogP contribution >= 0.6 is 11.6 Å². The molecule has 4 nitrogen and oxygen atoms in total. The van der Waals surface area contributed by atoms with E-state index >= 15 is 0 Å². The maximum absolute atomic E-state index is 11.8. The number of hydrogen-bond acceptors (Lipinski definition) is 3. The maximum atomic E-state index is 11.8. The lowest BCUT2D eigenvalue weighted by molar-refractivity contribution is 0.593. The molecule has 0 saturated heterocycles. The van der Waals surface area contributed by atoms with Gasteiger partial charge in [0.05, 0.1) is 16.8 Å². The molecular weight excluding hydrogens is 260 g/mol. The Kier molecular flexibility index (Phi) is 4.38. The molecule has 0 aliphatic rings.